The molecule has 0 aromatic carbocycles. The van der Waals surface area contributed by atoms with E-state index in [1.54, 1.807) is 4.57 Å². The molecular formula is C22H35N5O4. The maximum Gasteiger partial charge on any atom is 0.225 e. The Balaban J connectivity index is 1.47. The molecule has 1 saturated heterocycles. The number of rotatable bonds is 13. The van der Waals surface area contributed by atoms with Gasteiger partial charge in [0, 0.05) is 12.8 Å². The summed E-state index contributed by atoms with van der Waals surface area (Å²) in [5, 5.41) is 22.4. The van der Waals surface area contributed by atoms with E-state index in [1.165, 1.54) is 57.6 Å². The number of hydrogen-bond acceptors (Lipinski definition) is 7. The van der Waals surface area contributed by atoms with Gasteiger partial charge in [-0.2, -0.15) is 0 Å². The number of hydrogen-bond donors (Lipinski definition) is 3. The Labute approximate surface area is 183 Å². The Morgan fingerprint density at radius 3 is 2.52 bits per heavy atom. The van der Waals surface area contributed by atoms with Gasteiger partial charge in [-0.25, -0.2) is 15.0 Å². The highest BCUT2D eigenvalue weighted by atomic mass is 16.5. The second-order valence-corrected chi connectivity index (χ2v) is 8.31. The maximum absolute atomic E-state index is 12.4. The lowest BCUT2D eigenvalue weighted by atomic mass is 10.1. The van der Waals surface area contributed by atoms with E-state index >= 15 is 0 Å². The number of anilines is 1. The zero-order valence-electron chi connectivity index (χ0n) is 18.4. The summed E-state index contributed by atoms with van der Waals surface area (Å²) >= 11 is 0. The first-order valence-corrected chi connectivity index (χ1v) is 11.6. The van der Waals surface area contributed by atoms with E-state index < -0.39 is 18.4 Å². The number of unbranched alkanes of at least 4 members (excludes halogenated alkanes) is 8. The Bertz CT molecular complexity index is 827. The number of aromatic nitrogens is 4. The number of ether oxygens (including phenoxy) is 1. The molecule has 172 valence electrons. The number of imidazole rings is 1. The van der Waals surface area contributed by atoms with Crippen LogP contribution in [0.25, 0.3) is 11.2 Å². The van der Waals surface area contributed by atoms with Crippen LogP contribution in [0.5, 0.6) is 0 Å². The van der Waals surface area contributed by atoms with Gasteiger partial charge in [0.05, 0.1) is 19.0 Å². The van der Waals surface area contributed by atoms with Gasteiger partial charge in [0.2, 0.25) is 5.91 Å². The van der Waals surface area contributed by atoms with Crippen molar-refractivity contribution in [2.24, 2.45) is 0 Å². The Hall–Kier alpha value is -2.10. The van der Waals surface area contributed by atoms with Gasteiger partial charge in [-0.3, -0.25) is 9.36 Å². The van der Waals surface area contributed by atoms with E-state index in [4.69, 9.17) is 4.74 Å². The number of fused-ring (bicyclic) bond motifs is 1. The third-order valence-corrected chi connectivity index (χ3v) is 5.77. The van der Waals surface area contributed by atoms with Crippen LogP contribution >= 0.6 is 0 Å². The Morgan fingerprint density at radius 1 is 1.13 bits per heavy atom. The molecular weight excluding hydrogens is 398 g/mol. The second kappa shape index (κ2) is 12.1. The largest absolute Gasteiger partial charge is 0.394 e. The molecule has 2 aromatic heterocycles. The predicted octanol–water partition coefficient (Wildman–Crippen LogP) is 3.33. The van der Waals surface area contributed by atoms with E-state index in [0.29, 0.717) is 29.8 Å². The highest BCUT2D eigenvalue weighted by Crippen LogP contribution is 2.31. The lowest BCUT2D eigenvalue weighted by Crippen LogP contribution is -2.19. The van der Waals surface area contributed by atoms with Gasteiger partial charge in [0.1, 0.15) is 12.4 Å². The van der Waals surface area contributed by atoms with Crippen LogP contribution in [-0.2, 0) is 9.53 Å². The van der Waals surface area contributed by atoms with Gasteiger partial charge in [0.15, 0.2) is 23.2 Å². The highest BCUT2D eigenvalue weighted by Gasteiger charge is 2.36. The fraction of sp³-hybridized carbons (Fsp3) is 0.727. The molecule has 1 amide bonds. The van der Waals surface area contributed by atoms with E-state index in [2.05, 4.69) is 27.2 Å². The third kappa shape index (κ3) is 6.44. The summed E-state index contributed by atoms with van der Waals surface area (Å²) in [5.41, 5.74) is 0.919. The van der Waals surface area contributed by atoms with Crippen molar-refractivity contribution in [1.82, 2.24) is 19.5 Å². The van der Waals surface area contributed by atoms with Gasteiger partial charge in [-0.1, -0.05) is 58.3 Å². The summed E-state index contributed by atoms with van der Waals surface area (Å²) in [6.07, 6.45) is 12.6. The summed E-state index contributed by atoms with van der Waals surface area (Å²) in [4.78, 5) is 25.1. The van der Waals surface area contributed by atoms with Crippen LogP contribution in [-0.4, -0.2) is 54.5 Å². The molecule has 0 bridgehead atoms. The number of amides is 1. The zero-order valence-corrected chi connectivity index (χ0v) is 18.4. The topological polar surface area (TPSA) is 122 Å². The normalized spacial score (nSPS) is 21.1. The third-order valence-electron chi connectivity index (χ3n) is 5.77. The molecule has 31 heavy (non-hydrogen) atoms. The molecule has 3 rings (SSSR count). The van der Waals surface area contributed by atoms with Crippen molar-refractivity contribution in [3.8, 4) is 0 Å². The number of carbonyl (C=O) groups is 1. The predicted molar refractivity (Wildman–Crippen MR) is 117 cm³/mol. The van der Waals surface area contributed by atoms with Crippen LogP contribution in [0.2, 0.25) is 0 Å². The highest BCUT2D eigenvalue weighted by molar-refractivity contribution is 5.96. The molecule has 3 heterocycles. The standard InChI is InChI=1S/C22H35N5O4/c1-2-3-4-5-6-7-8-9-10-11-18(30)26-20-19-21(24-14-23-20)27(15-25-19)22-17(29)12-16(13-28)31-22/h14-17,22,28-29H,2-13H2,1H3,(H,23,24,26,30)/t16-,17?,22+/m0/s1. The first kappa shape index (κ1) is 23.6. The van der Waals surface area contributed by atoms with Crippen LogP contribution in [0.15, 0.2) is 12.7 Å². The number of aliphatic hydroxyl groups excluding tert-OH is 2. The van der Waals surface area contributed by atoms with Crippen molar-refractivity contribution in [3.05, 3.63) is 12.7 Å². The molecule has 2 aromatic rings. The van der Waals surface area contributed by atoms with Gasteiger partial charge in [0.25, 0.3) is 0 Å². The van der Waals surface area contributed by atoms with Crippen LogP contribution < -0.4 is 5.32 Å². The average molecular weight is 434 g/mol. The van der Waals surface area contributed by atoms with Crippen molar-refractivity contribution >= 4 is 22.9 Å². The molecule has 0 saturated carbocycles. The zero-order chi connectivity index (χ0) is 22.1. The summed E-state index contributed by atoms with van der Waals surface area (Å²) in [6.45, 7) is 2.07. The number of aliphatic hydroxyl groups is 2. The molecule has 0 radical (unpaired) electrons. The Morgan fingerprint density at radius 2 is 1.84 bits per heavy atom. The Kier molecular flexibility index (Phi) is 9.17. The molecule has 9 heteroatoms. The van der Waals surface area contributed by atoms with Crippen molar-refractivity contribution in [2.75, 3.05) is 11.9 Å². The number of carbonyl (C=O) groups excluding carboxylic acids is 1. The summed E-state index contributed by atoms with van der Waals surface area (Å²) in [7, 11) is 0. The van der Waals surface area contributed by atoms with E-state index in [9.17, 15) is 15.0 Å². The maximum atomic E-state index is 12.4. The van der Waals surface area contributed by atoms with Gasteiger partial charge < -0.3 is 20.3 Å². The quantitative estimate of drug-likeness (QED) is 0.414. The van der Waals surface area contributed by atoms with Gasteiger partial charge >= 0.3 is 0 Å². The van der Waals surface area contributed by atoms with E-state index in [1.807, 2.05) is 0 Å². The van der Waals surface area contributed by atoms with Crippen LogP contribution in [0.3, 0.4) is 0 Å². The van der Waals surface area contributed by atoms with Gasteiger partial charge in [-0.15, -0.1) is 0 Å². The molecule has 1 aliphatic rings. The fourth-order valence-corrected chi connectivity index (χ4v) is 4.02. The lowest BCUT2D eigenvalue weighted by molar-refractivity contribution is -0.116. The van der Waals surface area contributed by atoms with Crippen LogP contribution in [0.1, 0.15) is 83.8 Å². The monoisotopic (exact) mass is 433 g/mol. The van der Waals surface area contributed by atoms with E-state index in [-0.39, 0.29) is 12.5 Å². The second-order valence-electron chi connectivity index (χ2n) is 8.31. The lowest BCUT2D eigenvalue weighted by Gasteiger charge is -2.16. The van der Waals surface area contributed by atoms with Crippen molar-refractivity contribution in [1.29, 1.82) is 0 Å². The van der Waals surface area contributed by atoms with Crippen LogP contribution in [0.4, 0.5) is 5.82 Å². The average Bonchev–Trinajstić information content (AvgIpc) is 3.36. The number of nitrogens with one attached hydrogen (secondary N) is 1. The van der Waals surface area contributed by atoms with Crippen molar-refractivity contribution in [3.63, 3.8) is 0 Å². The first-order chi connectivity index (χ1) is 15.1. The first-order valence-electron chi connectivity index (χ1n) is 11.6. The summed E-state index contributed by atoms with van der Waals surface area (Å²) in [6, 6.07) is 0. The summed E-state index contributed by atoms with van der Waals surface area (Å²) < 4.78 is 7.30. The molecule has 1 fully saturated rings. The molecule has 1 unspecified atom stereocenters. The minimum absolute atomic E-state index is 0.0880. The van der Waals surface area contributed by atoms with Crippen molar-refractivity contribution in [2.45, 2.75) is 96.0 Å². The van der Waals surface area contributed by atoms with Crippen molar-refractivity contribution < 1.29 is 19.7 Å². The van der Waals surface area contributed by atoms with E-state index in [0.717, 1.165) is 12.8 Å². The van der Waals surface area contributed by atoms with Crippen LogP contribution in [0, 0.1) is 0 Å². The van der Waals surface area contributed by atoms with Gasteiger partial charge in [-0.05, 0) is 6.42 Å². The molecule has 9 nitrogen and oxygen atoms in total. The minimum atomic E-state index is -0.769. The molecule has 3 N–H and O–H groups in total. The summed E-state index contributed by atoms with van der Waals surface area (Å²) in [5.74, 6) is 0.269. The molecule has 3 atom stereocenters. The number of nitrogens with zero attached hydrogens (tertiary/aromatic N) is 4. The molecule has 0 spiro atoms. The fourth-order valence-electron chi connectivity index (χ4n) is 4.02. The smallest absolute Gasteiger partial charge is 0.225 e. The molecule has 0 aliphatic carbocycles. The SMILES string of the molecule is CCCCCCCCCCCC(=O)Nc1ncnc2c1ncn2[C@@H]1O[C@H](CO)CC1O. The minimum Gasteiger partial charge on any atom is -0.394 e. The molecule has 1 aliphatic heterocycles.